The number of likely N-dealkylation sites (tertiary alicyclic amines) is 1. The zero-order valence-corrected chi connectivity index (χ0v) is 11.2. The van der Waals surface area contributed by atoms with Gasteiger partial charge < -0.3 is 10.2 Å². The third kappa shape index (κ3) is 3.27. The maximum Gasteiger partial charge on any atom is 0.321 e. The average Bonchev–Trinajstić information content (AvgIpc) is 2.76. The van der Waals surface area contributed by atoms with Crippen LogP contribution in [-0.4, -0.2) is 24.0 Å². The van der Waals surface area contributed by atoms with Crippen LogP contribution in [0.15, 0.2) is 18.2 Å². The van der Waals surface area contributed by atoms with E-state index in [1.807, 2.05) is 12.1 Å². The van der Waals surface area contributed by atoms with Gasteiger partial charge in [0.2, 0.25) is 0 Å². The predicted octanol–water partition coefficient (Wildman–Crippen LogP) is 2.84. The molecule has 2 rings (SSSR count). The average molecular weight is 268 g/mol. The molecule has 5 heteroatoms. The number of benzene rings is 1. The third-order valence-corrected chi connectivity index (χ3v) is 3.41. The van der Waals surface area contributed by atoms with Gasteiger partial charge >= 0.3 is 6.03 Å². The van der Waals surface area contributed by atoms with E-state index in [9.17, 15) is 4.79 Å². The Bertz CT molecular complexity index is 575. The molecule has 1 aliphatic rings. The highest BCUT2D eigenvalue weighted by atomic mass is 16.2. The molecule has 0 atom stereocenters. The molecule has 102 valence electrons. The molecule has 1 saturated heterocycles. The van der Waals surface area contributed by atoms with Gasteiger partial charge in [0.15, 0.2) is 0 Å². The maximum absolute atomic E-state index is 12.1. The lowest BCUT2D eigenvalue weighted by Crippen LogP contribution is -2.35. The Labute approximate surface area is 118 Å². The van der Waals surface area contributed by atoms with E-state index in [2.05, 4.69) is 5.32 Å². The van der Waals surface area contributed by atoms with Crippen LogP contribution in [0.3, 0.4) is 0 Å². The monoisotopic (exact) mass is 268 g/mol. The third-order valence-electron chi connectivity index (χ3n) is 3.41. The number of hydrogen-bond acceptors (Lipinski definition) is 3. The number of carbonyl (C=O) groups is 1. The van der Waals surface area contributed by atoms with Gasteiger partial charge in [-0.1, -0.05) is 12.8 Å². The number of carbonyl (C=O) groups excluding carboxylic acids is 1. The number of nitrogens with zero attached hydrogens (tertiary/aromatic N) is 3. The van der Waals surface area contributed by atoms with E-state index in [0.717, 1.165) is 25.9 Å². The lowest BCUT2D eigenvalue weighted by atomic mass is 10.1. The molecule has 1 heterocycles. The van der Waals surface area contributed by atoms with Crippen molar-refractivity contribution in [1.82, 2.24) is 4.90 Å². The number of amides is 2. The quantitative estimate of drug-likeness (QED) is 0.850. The van der Waals surface area contributed by atoms with Crippen LogP contribution in [0.5, 0.6) is 0 Å². The van der Waals surface area contributed by atoms with E-state index in [-0.39, 0.29) is 11.6 Å². The molecule has 0 bridgehead atoms. The molecule has 1 N–H and O–H groups in total. The second-order valence-corrected chi connectivity index (χ2v) is 4.82. The first-order chi connectivity index (χ1) is 9.74. The number of nitriles is 2. The standard InChI is InChI=1S/C15H16N4O/c16-10-12-5-6-14(9-13(12)11-17)18-15(20)19-7-3-1-2-4-8-19/h5-6,9H,1-4,7-8H2,(H,18,20). The highest BCUT2D eigenvalue weighted by Crippen LogP contribution is 2.16. The number of anilines is 1. The van der Waals surface area contributed by atoms with Crippen molar-refractivity contribution in [3.05, 3.63) is 29.3 Å². The molecular formula is C15H16N4O. The van der Waals surface area contributed by atoms with E-state index >= 15 is 0 Å². The topological polar surface area (TPSA) is 79.9 Å². The van der Waals surface area contributed by atoms with E-state index < -0.39 is 0 Å². The van der Waals surface area contributed by atoms with Crippen LogP contribution in [0.1, 0.15) is 36.8 Å². The zero-order valence-electron chi connectivity index (χ0n) is 11.2. The summed E-state index contributed by atoms with van der Waals surface area (Å²) in [7, 11) is 0. The summed E-state index contributed by atoms with van der Waals surface area (Å²) in [6.45, 7) is 1.54. The highest BCUT2D eigenvalue weighted by molar-refractivity contribution is 5.89. The number of rotatable bonds is 1. The van der Waals surface area contributed by atoms with Crippen molar-refractivity contribution in [3.8, 4) is 12.1 Å². The Kier molecular flexibility index (Phi) is 4.57. The fraction of sp³-hybridized carbons (Fsp3) is 0.400. The van der Waals surface area contributed by atoms with E-state index in [4.69, 9.17) is 10.5 Å². The summed E-state index contributed by atoms with van der Waals surface area (Å²) >= 11 is 0. The molecule has 20 heavy (non-hydrogen) atoms. The summed E-state index contributed by atoms with van der Waals surface area (Å²) in [5, 5.41) is 20.6. The molecule has 5 nitrogen and oxygen atoms in total. The van der Waals surface area contributed by atoms with Crippen molar-refractivity contribution < 1.29 is 4.79 Å². The molecule has 0 radical (unpaired) electrons. The molecule has 0 saturated carbocycles. The van der Waals surface area contributed by atoms with Crippen LogP contribution in [0.25, 0.3) is 0 Å². The van der Waals surface area contributed by atoms with Crippen LogP contribution < -0.4 is 5.32 Å². The van der Waals surface area contributed by atoms with Crippen LogP contribution in [-0.2, 0) is 0 Å². The number of hydrogen-bond donors (Lipinski definition) is 1. The SMILES string of the molecule is N#Cc1ccc(NC(=O)N2CCCCCC2)cc1C#N. The van der Waals surface area contributed by atoms with Crippen LogP contribution in [0, 0.1) is 22.7 Å². The minimum absolute atomic E-state index is 0.138. The largest absolute Gasteiger partial charge is 0.325 e. The second-order valence-electron chi connectivity index (χ2n) is 4.82. The fourth-order valence-corrected chi connectivity index (χ4v) is 2.29. The van der Waals surface area contributed by atoms with Crippen molar-refractivity contribution >= 4 is 11.7 Å². The molecule has 2 amide bonds. The minimum Gasteiger partial charge on any atom is -0.325 e. The first kappa shape index (κ1) is 13.9. The smallest absolute Gasteiger partial charge is 0.321 e. The molecule has 1 aromatic carbocycles. The fourth-order valence-electron chi connectivity index (χ4n) is 2.29. The number of nitrogens with one attached hydrogen (secondary N) is 1. The molecular weight excluding hydrogens is 252 g/mol. The summed E-state index contributed by atoms with van der Waals surface area (Å²) in [6.07, 6.45) is 4.40. The summed E-state index contributed by atoms with van der Waals surface area (Å²) in [5.41, 5.74) is 1.15. The van der Waals surface area contributed by atoms with Gasteiger partial charge in [0, 0.05) is 18.8 Å². The van der Waals surface area contributed by atoms with Crippen molar-refractivity contribution in [3.63, 3.8) is 0 Å². The first-order valence-electron chi connectivity index (χ1n) is 6.75. The molecule has 1 aliphatic heterocycles. The van der Waals surface area contributed by atoms with Gasteiger partial charge in [0.25, 0.3) is 0 Å². The number of urea groups is 1. The van der Waals surface area contributed by atoms with Gasteiger partial charge in [-0.05, 0) is 31.0 Å². The maximum atomic E-state index is 12.1. The Hall–Kier alpha value is -2.53. The summed E-state index contributed by atoms with van der Waals surface area (Å²) in [6, 6.07) is 8.51. The molecule has 0 aliphatic carbocycles. The minimum atomic E-state index is -0.138. The summed E-state index contributed by atoms with van der Waals surface area (Å²) < 4.78 is 0. The zero-order chi connectivity index (χ0) is 14.4. The van der Waals surface area contributed by atoms with Crippen molar-refractivity contribution in [2.45, 2.75) is 25.7 Å². The van der Waals surface area contributed by atoms with E-state index in [1.54, 1.807) is 17.0 Å². The van der Waals surface area contributed by atoms with Gasteiger partial charge in [-0.25, -0.2) is 4.79 Å². The lowest BCUT2D eigenvalue weighted by Gasteiger charge is -2.20. The van der Waals surface area contributed by atoms with E-state index in [1.165, 1.54) is 18.9 Å². The molecule has 0 aromatic heterocycles. The summed E-state index contributed by atoms with van der Waals surface area (Å²) in [4.78, 5) is 13.9. The van der Waals surface area contributed by atoms with Crippen LogP contribution >= 0.6 is 0 Å². The second kappa shape index (κ2) is 6.58. The summed E-state index contributed by atoms with van der Waals surface area (Å²) in [5.74, 6) is 0. The van der Waals surface area contributed by atoms with Gasteiger partial charge in [0.05, 0.1) is 11.1 Å². The molecule has 1 fully saturated rings. The lowest BCUT2D eigenvalue weighted by molar-refractivity contribution is 0.214. The normalized spacial score (nSPS) is 14.8. The Balaban J connectivity index is 2.08. The Morgan fingerprint density at radius 3 is 2.30 bits per heavy atom. The first-order valence-corrected chi connectivity index (χ1v) is 6.75. The van der Waals surface area contributed by atoms with Gasteiger partial charge in [-0.15, -0.1) is 0 Å². The van der Waals surface area contributed by atoms with Crippen molar-refractivity contribution in [1.29, 1.82) is 10.5 Å². The van der Waals surface area contributed by atoms with Gasteiger partial charge in [-0.2, -0.15) is 10.5 Å². The molecule has 1 aromatic rings. The van der Waals surface area contributed by atoms with Crippen molar-refractivity contribution in [2.75, 3.05) is 18.4 Å². The van der Waals surface area contributed by atoms with Gasteiger partial charge in [-0.3, -0.25) is 0 Å². The highest BCUT2D eigenvalue weighted by Gasteiger charge is 2.15. The van der Waals surface area contributed by atoms with Crippen LogP contribution in [0.4, 0.5) is 10.5 Å². The Morgan fingerprint density at radius 2 is 1.70 bits per heavy atom. The Morgan fingerprint density at radius 1 is 1.05 bits per heavy atom. The van der Waals surface area contributed by atoms with Crippen molar-refractivity contribution in [2.24, 2.45) is 0 Å². The molecule has 0 spiro atoms. The van der Waals surface area contributed by atoms with Crippen LogP contribution in [0.2, 0.25) is 0 Å². The van der Waals surface area contributed by atoms with E-state index in [0.29, 0.717) is 11.3 Å². The molecule has 0 unspecified atom stereocenters. The van der Waals surface area contributed by atoms with Gasteiger partial charge in [0.1, 0.15) is 12.1 Å². The predicted molar refractivity (Wildman–Crippen MR) is 74.9 cm³/mol.